The van der Waals surface area contributed by atoms with Crippen molar-refractivity contribution in [2.75, 3.05) is 19.1 Å². The van der Waals surface area contributed by atoms with Gasteiger partial charge < -0.3 is 9.64 Å². The number of hydrogen-bond donors (Lipinski definition) is 0. The van der Waals surface area contributed by atoms with E-state index in [1.807, 2.05) is 25.4 Å². The second-order valence-electron chi connectivity index (χ2n) is 6.13. The zero-order valence-corrected chi connectivity index (χ0v) is 14.4. The third kappa shape index (κ3) is 2.83. The van der Waals surface area contributed by atoms with Crippen LogP contribution in [0.5, 0.6) is 0 Å². The van der Waals surface area contributed by atoms with Gasteiger partial charge in [0, 0.05) is 14.2 Å². The fourth-order valence-corrected chi connectivity index (χ4v) is 3.28. The van der Waals surface area contributed by atoms with Crippen LogP contribution in [0.3, 0.4) is 0 Å². The Morgan fingerprint density at radius 1 is 0.840 bits per heavy atom. The van der Waals surface area contributed by atoms with E-state index in [0.29, 0.717) is 0 Å². The van der Waals surface area contributed by atoms with E-state index in [4.69, 9.17) is 4.74 Å². The number of methoxy groups -OCH3 is 1. The monoisotopic (exact) mass is 328 g/mol. The summed E-state index contributed by atoms with van der Waals surface area (Å²) in [5, 5.41) is 0. The zero-order chi connectivity index (χ0) is 17.2. The maximum absolute atomic E-state index is 5.50. The lowest BCUT2D eigenvalue weighted by Crippen LogP contribution is -2.36. The Hall–Kier alpha value is -2.91. The second kappa shape index (κ2) is 6.54. The maximum Gasteiger partial charge on any atom is 0.166 e. The summed E-state index contributed by atoms with van der Waals surface area (Å²) in [5.41, 5.74) is 6.82. The van der Waals surface area contributed by atoms with E-state index in [-0.39, 0.29) is 6.23 Å². The third-order valence-electron chi connectivity index (χ3n) is 4.63. The van der Waals surface area contributed by atoms with Crippen molar-refractivity contribution in [3.05, 3.63) is 72.8 Å². The molecule has 0 radical (unpaired) electrons. The van der Waals surface area contributed by atoms with Gasteiger partial charge in [0.1, 0.15) is 0 Å². The maximum atomic E-state index is 5.50. The predicted molar refractivity (Wildman–Crippen MR) is 105 cm³/mol. The Morgan fingerprint density at radius 2 is 1.40 bits per heavy atom. The molecule has 3 aromatic rings. The molecule has 0 fully saturated rings. The van der Waals surface area contributed by atoms with E-state index in [0.717, 1.165) is 11.4 Å². The highest BCUT2D eigenvalue weighted by Crippen LogP contribution is 2.42. The molecular weight excluding hydrogens is 308 g/mol. The van der Waals surface area contributed by atoms with Gasteiger partial charge in [-0.2, -0.15) is 0 Å². The van der Waals surface area contributed by atoms with Crippen molar-refractivity contribution in [1.82, 2.24) is 0 Å². The van der Waals surface area contributed by atoms with Crippen molar-refractivity contribution in [1.29, 1.82) is 0 Å². The summed E-state index contributed by atoms with van der Waals surface area (Å²) in [5.74, 6) is 0. The first-order valence-corrected chi connectivity index (χ1v) is 8.36. The lowest BCUT2D eigenvalue weighted by atomic mass is 9.92. The number of anilines is 1. The summed E-state index contributed by atoms with van der Waals surface area (Å²) in [6.07, 6.45) is 1.71. The molecular formula is C22H20N2O. The summed E-state index contributed by atoms with van der Waals surface area (Å²) >= 11 is 0. The highest BCUT2D eigenvalue weighted by molar-refractivity contribution is 5.93. The van der Waals surface area contributed by atoms with Gasteiger partial charge in [-0.1, -0.05) is 60.7 Å². The average molecular weight is 328 g/mol. The number of nitrogens with zero attached hydrogens (tertiary/aromatic N) is 2. The molecule has 0 aromatic heterocycles. The van der Waals surface area contributed by atoms with Gasteiger partial charge in [0.15, 0.2) is 6.23 Å². The van der Waals surface area contributed by atoms with E-state index in [2.05, 4.69) is 70.6 Å². The number of rotatable bonds is 3. The lowest BCUT2D eigenvalue weighted by molar-refractivity contribution is 0.159. The van der Waals surface area contributed by atoms with Crippen molar-refractivity contribution in [2.24, 2.45) is 4.99 Å². The first kappa shape index (κ1) is 15.6. The average Bonchev–Trinajstić information content (AvgIpc) is 2.69. The van der Waals surface area contributed by atoms with Crippen LogP contribution in [0.1, 0.15) is 0 Å². The number of fused-ring (bicyclic) bond motifs is 1. The van der Waals surface area contributed by atoms with E-state index in [1.165, 1.54) is 22.3 Å². The van der Waals surface area contributed by atoms with Crippen LogP contribution in [0.25, 0.3) is 22.3 Å². The molecule has 3 heteroatoms. The highest BCUT2D eigenvalue weighted by atomic mass is 16.5. The molecule has 1 aliphatic heterocycles. The molecule has 0 spiro atoms. The molecule has 0 bridgehead atoms. The van der Waals surface area contributed by atoms with Crippen LogP contribution < -0.4 is 4.90 Å². The Kier molecular flexibility index (Phi) is 4.08. The lowest BCUT2D eigenvalue weighted by Gasteiger charge is -2.31. The topological polar surface area (TPSA) is 24.8 Å². The fourth-order valence-electron chi connectivity index (χ4n) is 3.28. The van der Waals surface area contributed by atoms with Gasteiger partial charge in [0.25, 0.3) is 0 Å². The van der Waals surface area contributed by atoms with Gasteiger partial charge in [0.2, 0.25) is 0 Å². The van der Waals surface area contributed by atoms with Crippen LogP contribution in [0.15, 0.2) is 77.8 Å². The molecule has 0 amide bonds. The van der Waals surface area contributed by atoms with Crippen LogP contribution in [-0.2, 0) is 4.74 Å². The van der Waals surface area contributed by atoms with Crippen molar-refractivity contribution < 1.29 is 4.74 Å². The Labute approximate surface area is 148 Å². The van der Waals surface area contributed by atoms with Crippen molar-refractivity contribution in [3.8, 4) is 22.3 Å². The third-order valence-corrected chi connectivity index (χ3v) is 4.63. The van der Waals surface area contributed by atoms with Crippen LogP contribution in [-0.4, -0.2) is 26.6 Å². The molecule has 4 rings (SSSR count). The molecule has 0 N–H and O–H groups in total. The van der Waals surface area contributed by atoms with Crippen LogP contribution in [0.4, 0.5) is 11.4 Å². The van der Waals surface area contributed by atoms with Crippen molar-refractivity contribution >= 4 is 17.6 Å². The summed E-state index contributed by atoms with van der Waals surface area (Å²) < 4.78 is 5.50. The van der Waals surface area contributed by atoms with Gasteiger partial charge in [-0.3, -0.25) is 4.99 Å². The van der Waals surface area contributed by atoms with Crippen LogP contribution in [0, 0.1) is 0 Å². The number of benzene rings is 3. The summed E-state index contributed by atoms with van der Waals surface area (Å²) in [7, 11) is 3.74. The van der Waals surface area contributed by atoms with E-state index in [9.17, 15) is 0 Å². The molecule has 1 unspecified atom stereocenters. The molecule has 3 aromatic carbocycles. The first-order valence-electron chi connectivity index (χ1n) is 8.36. The molecule has 1 heterocycles. The van der Waals surface area contributed by atoms with E-state index < -0.39 is 0 Å². The molecule has 0 saturated carbocycles. The number of aliphatic imine (C=N–C) groups is 1. The predicted octanol–water partition coefficient (Wildman–Crippen LogP) is 5.15. The van der Waals surface area contributed by atoms with Gasteiger partial charge in [-0.25, -0.2) is 0 Å². The molecule has 1 aliphatic rings. The quantitative estimate of drug-likeness (QED) is 0.664. The minimum Gasteiger partial charge on any atom is -0.356 e. The van der Waals surface area contributed by atoms with Gasteiger partial charge in [-0.15, -0.1) is 0 Å². The van der Waals surface area contributed by atoms with Gasteiger partial charge in [-0.05, 0) is 34.4 Å². The minimum absolute atomic E-state index is 0.140. The molecule has 25 heavy (non-hydrogen) atoms. The number of ether oxygens (including phenoxy) is 1. The minimum atomic E-state index is -0.140. The summed E-state index contributed by atoms with van der Waals surface area (Å²) in [6, 6.07) is 25.3. The second-order valence-corrected chi connectivity index (χ2v) is 6.13. The molecule has 3 nitrogen and oxygen atoms in total. The van der Waals surface area contributed by atoms with E-state index >= 15 is 0 Å². The summed E-state index contributed by atoms with van der Waals surface area (Å²) in [4.78, 5) is 6.74. The Morgan fingerprint density at radius 3 is 1.96 bits per heavy atom. The fraction of sp³-hybridized carbons (Fsp3) is 0.136. The number of hydrogen-bond acceptors (Lipinski definition) is 3. The normalized spacial score (nSPS) is 15.9. The standard InChI is InChI=1S/C22H20N2O/c1-24-21-14-19(17-11-7-4-8-12-17)18(16-9-5-3-6-10-16)13-20(21)23-15-22(24)25-2/h3-15,22H,1-2H3. The zero-order valence-electron chi connectivity index (χ0n) is 14.4. The molecule has 0 aliphatic carbocycles. The van der Waals surface area contributed by atoms with E-state index in [1.54, 1.807) is 7.11 Å². The molecule has 124 valence electrons. The van der Waals surface area contributed by atoms with Crippen molar-refractivity contribution in [3.63, 3.8) is 0 Å². The SMILES string of the molecule is COC1C=Nc2cc(-c3ccccc3)c(-c3ccccc3)cc2N1C. The van der Waals surface area contributed by atoms with Crippen molar-refractivity contribution in [2.45, 2.75) is 6.23 Å². The Bertz CT molecular complexity index is 904. The highest BCUT2D eigenvalue weighted by Gasteiger charge is 2.22. The molecule has 0 saturated heterocycles. The van der Waals surface area contributed by atoms with Gasteiger partial charge in [0.05, 0.1) is 17.6 Å². The van der Waals surface area contributed by atoms with Crippen LogP contribution >= 0.6 is 0 Å². The van der Waals surface area contributed by atoms with Crippen LogP contribution in [0.2, 0.25) is 0 Å². The molecule has 1 atom stereocenters. The largest absolute Gasteiger partial charge is 0.356 e. The summed E-state index contributed by atoms with van der Waals surface area (Å²) in [6.45, 7) is 0. The smallest absolute Gasteiger partial charge is 0.166 e. The van der Waals surface area contributed by atoms with Gasteiger partial charge >= 0.3 is 0 Å². The first-order chi connectivity index (χ1) is 12.3. The Balaban J connectivity index is 1.95.